The Bertz CT molecular complexity index is 427. The van der Waals surface area contributed by atoms with Crippen molar-refractivity contribution in [3.8, 4) is 0 Å². The van der Waals surface area contributed by atoms with Gasteiger partial charge in [0, 0.05) is 31.2 Å². The van der Waals surface area contributed by atoms with Crippen molar-refractivity contribution in [2.75, 3.05) is 26.2 Å². The molecule has 1 saturated heterocycles. The standard InChI is InChI=1S/C15H23N3O2/c16-15(20)13-5-3-12(4-6-13)10-18(8-9-19)11-14-2-1-7-17-14/h3-6,14,17,19H,1-2,7-11H2,(H2,16,20). The van der Waals surface area contributed by atoms with Crippen LogP contribution in [0.15, 0.2) is 24.3 Å². The van der Waals surface area contributed by atoms with Gasteiger partial charge in [0.1, 0.15) is 0 Å². The summed E-state index contributed by atoms with van der Waals surface area (Å²) in [5.74, 6) is -0.404. The molecule has 1 unspecified atom stereocenters. The van der Waals surface area contributed by atoms with Gasteiger partial charge in [0.15, 0.2) is 0 Å². The van der Waals surface area contributed by atoms with Gasteiger partial charge in [0.2, 0.25) is 5.91 Å². The van der Waals surface area contributed by atoms with Gasteiger partial charge in [-0.15, -0.1) is 0 Å². The van der Waals surface area contributed by atoms with E-state index in [1.54, 1.807) is 12.1 Å². The van der Waals surface area contributed by atoms with E-state index < -0.39 is 5.91 Å². The first-order valence-corrected chi connectivity index (χ1v) is 7.14. The third-order valence-electron chi connectivity index (χ3n) is 3.70. The van der Waals surface area contributed by atoms with Gasteiger partial charge in [-0.1, -0.05) is 12.1 Å². The third kappa shape index (κ3) is 4.30. The Labute approximate surface area is 119 Å². The molecule has 1 aliphatic heterocycles. The van der Waals surface area contributed by atoms with Gasteiger partial charge in [0.05, 0.1) is 6.61 Å². The van der Waals surface area contributed by atoms with Crippen molar-refractivity contribution in [3.05, 3.63) is 35.4 Å². The molecule has 110 valence electrons. The number of carbonyl (C=O) groups excluding carboxylic acids is 1. The molecular formula is C15H23N3O2. The van der Waals surface area contributed by atoms with Gasteiger partial charge in [0.25, 0.3) is 0 Å². The van der Waals surface area contributed by atoms with Crippen molar-refractivity contribution in [1.82, 2.24) is 10.2 Å². The lowest BCUT2D eigenvalue weighted by molar-refractivity contribution is 0.100. The fourth-order valence-electron chi connectivity index (χ4n) is 2.63. The molecule has 1 aliphatic rings. The maximum Gasteiger partial charge on any atom is 0.248 e. The summed E-state index contributed by atoms with van der Waals surface area (Å²) in [4.78, 5) is 13.3. The molecule has 0 radical (unpaired) electrons. The van der Waals surface area contributed by atoms with Crippen molar-refractivity contribution in [2.45, 2.75) is 25.4 Å². The molecule has 2 rings (SSSR count). The SMILES string of the molecule is NC(=O)c1ccc(CN(CCO)CC2CCCN2)cc1. The summed E-state index contributed by atoms with van der Waals surface area (Å²) in [6.45, 7) is 3.63. The van der Waals surface area contributed by atoms with Crippen LogP contribution in [0.25, 0.3) is 0 Å². The van der Waals surface area contributed by atoms with E-state index in [2.05, 4.69) is 10.2 Å². The summed E-state index contributed by atoms with van der Waals surface area (Å²) in [5, 5.41) is 12.7. The highest BCUT2D eigenvalue weighted by Gasteiger charge is 2.17. The second-order valence-electron chi connectivity index (χ2n) is 5.31. The van der Waals surface area contributed by atoms with E-state index in [-0.39, 0.29) is 6.61 Å². The molecule has 0 aromatic heterocycles. The van der Waals surface area contributed by atoms with E-state index in [9.17, 15) is 9.90 Å². The lowest BCUT2D eigenvalue weighted by Crippen LogP contribution is -2.38. The van der Waals surface area contributed by atoms with Gasteiger partial charge >= 0.3 is 0 Å². The molecule has 5 nitrogen and oxygen atoms in total. The zero-order chi connectivity index (χ0) is 14.4. The minimum Gasteiger partial charge on any atom is -0.395 e. The first kappa shape index (κ1) is 15.0. The number of benzene rings is 1. The molecule has 1 fully saturated rings. The summed E-state index contributed by atoms with van der Waals surface area (Å²) >= 11 is 0. The first-order valence-electron chi connectivity index (χ1n) is 7.14. The smallest absolute Gasteiger partial charge is 0.248 e. The van der Waals surface area contributed by atoms with E-state index >= 15 is 0 Å². The Kier molecular flexibility index (Phi) is 5.52. The van der Waals surface area contributed by atoms with Crippen molar-refractivity contribution in [3.63, 3.8) is 0 Å². The van der Waals surface area contributed by atoms with Crippen molar-refractivity contribution >= 4 is 5.91 Å². The molecule has 20 heavy (non-hydrogen) atoms. The molecule has 0 spiro atoms. The molecule has 1 heterocycles. The van der Waals surface area contributed by atoms with Crippen LogP contribution in [0.5, 0.6) is 0 Å². The minimum atomic E-state index is -0.404. The molecular weight excluding hydrogens is 254 g/mol. The number of rotatable bonds is 7. The van der Waals surface area contributed by atoms with E-state index in [4.69, 9.17) is 5.73 Å². The Morgan fingerprint density at radius 2 is 2.15 bits per heavy atom. The number of aliphatic hydroxyl groups excluding tert-OH is 1. The van der Waals surface area contributed by atoms with Gasteiger partial charge < -0.3 is 16.2 Å². The molecule has 1 aromatic carbocycles. The summed E-state index contributed by atoms with van der Waals surface area (Å²) in [5.41, 5.74) is 6.89. The lowest BCUT2D eigenvalue weighted by Gasteiger charge is -2.25. The second-order valence-corrected chi connectivity index (χ2v) is 5.31. The number of nitrogens with two attached hydrogens (primary N) is 1. The Morgan fingerprint density at radius 3 is 2.70 bits per heavy atom. The van der Waals surface area contributed by atoms with Gasteiger partial charge in [-0.25, -0.2) is 0 Å². The van der Waals surface area contributed by atoms with Crippen LogP contribution in [0.4, 0.5) is 0 Å². The maximum atomic E-state index is 11.0. The zero-order valence-corrected chi connectivity index (χ0v) is 11.7. The molecule has 1 aromatic rings. The number of amides is 1. The van der Waals surface area contributed by atoms with Gasteiger partial charge in [-0.3, -0.25) is 9.69 Å². The average Bonchev–Trinajstić information content (AvgIpc) is 2.92. The number of nitrogens with one attached hydrogen (secondary N) is 1. The number of carbonyl (C=O) groups is 1. The highest BCUT2D eigenvalue weighted by Crippen LogP contribution is 2.11. The fraction of sp³-hybridized carbons (Fsp3) is 0.533. The Balaban J connectivity index is 1.93. The number of hydrogen-bond donors (Lipinski definition) is 3. The van der Waals surface area contributed by atoms with Crippen molar-refractivity contribution < 1.29 is 9.90 Å². The Hall–Kier alpha value is -1.43. The fourth-order valence-corrected chi connectivity index (χ4v) is 2.63. The predicted octanol–water partition coefficient (Wildman–Crippen LogP) is 0.332. The quantitative estimate of drug-likeness (QED) is 0.671. The van der Waals surface area contributed by atoms with E-state index in [1.807, 2.05) is 12.1 Å². The van der Waals surface area contributed by atoms with Crippen molar-refractivity contribution in [2.24, 2.45) is 5.73 Å². The number of aliphatic hydroxyl groups is 1. The van der Waals surface area contributed by atoms with Crippen LogP contribution in [0.3, 0.4) is 0 Å². The minimum absolute atomic E-state index is 0.159. The summed E-state index contributed by atoms with van der Waals surface area (Å²) in [6, 6.07) is 7.87. The van der Waals surface area contributed by atoms with Crippen LogP contribution in [-0.2, 0) is 6.54 Å². The molecule has 4 N–H and O–H groups in total. The first-order chi connectivity index (χ1) is 9.69. The predicted molar refractivity (Wildman–Crippen MR) is 78.3 cm³/mol. The van der Waals surface area contributed by atoms with E-state index in [0.717, 1.165) is 25.2 Å². The van der Waals surface area contributed by atoms with Crippen LogP contribution in [0, 0.1) is 0 Å². The van der Waals surface area contributed by atoms with Crippen LogP contribution in [0.2, 0.25) is 0 Å². The van der Waals surface area contributed by atoms with E-state index in [1.165, 1.54) is 12.8 Å². The largest absolute Gasteiger partial charge is 0.395 e. The molecule has 1 atom stereocenters. The van der Waals surface area contributed by atoms with Crippen LogP contribution in [0.1, 0.15) is 28.8 Å². The number of nitrogens with zero attached hydrogens (tertiary/aromatic N) is 1. The van der Waals surface area contributed by atoms with Crippen LogP contribution in [-0.4, -0.2) is 48.2 Å². The number of hydrogen-bond acceptors (Lipinski definition) is 4. The maximum absolute atomic E-state index is 11.0. The number of primary amides is 1. The summed E-state index contributed by atoms with van der Waals surface area (Å²) < 4.78 is 0. The lowest BCUT2D eigenvalue weighted by atomic mass is 10.1. The molecule has 0 aliphatic carbocycles. The van der Waals surface area contributed by atoms with E-state index in [0.29, 0.717) is 18.2 Å². The van der Waals surface area contributed by atoms with Gasteiger partial charge in [-0.2, -0.15) is 0 Å². The third-order valence-corrected chi connectivity index (χ3v) is 3.70. The average molecular weight is 277 g/mol. The van der Waals surface area contributed by atoms with Crippen LogP contribution < -0.4 is 11.1 Å². The van der Waals surface area contributed by atoms with Gasteiger partial charge in [-0.05, 0) is 37.1 Å². The normalized spacial score (nSPS) is 18.6. The topological polar surface area (TPSA) is 78.6 Å². The monoisotopic (exact) mass is 277 g/mol. The molecule has 0 saturated carbocycles. The Morgan fingerprint density at radius 1 is 1.40 bits per heavy atom. The second kappa shape index (κ2) is 7.38. The molecule has 5 heteroatoms. The molecule has 1 amide bonds. The summed E-state index contributed by atoms with van der Waals surface area (Å²) in [6.07, 6.45) is 2.42. The zero-order valence-electron chi connectivity index (χ0n) is 11.7. The van der Waals surface area contributed by atoms with Crippen molar-refractivity contribution in [1.29, 1.82) is 0 Å². The van der Waals surface area contributed by atoms with Crippen LogP contribution >= 0.6 is 0 Å². The highest BCUT2D eigenvalue weighted by molar-refractivity contribution is 5.92. The summed E-state index contributed by atoms with van der Waals surface area (Å²) in [7, 11) is 0. The highest BCUT2D eigenvalue weighted by atomic mass is 16.3. The molecule has 0 bridgehead atoms.